The zero-order valence-electron chi connectivity index (χ0n) is 14.7. The fourth-order valence-electron chi connectivity index (χ4n) is 2.34. The molecule has 0 saturated carbocycles. The first-order valence-corrected chi connectivity index (χ1v) is 9.78. The van der Waals surface area contributed by atoms with E-state index in [4.69, 9.17) is 5.11 Å². The van der Waals surface area contributed by atoms with Crippen LogP contribution in [-0.2, 0) is 10.0 Å². The van der Waals surface area contributed by atoms with Crippen LogP contribution in [0.2, 0.25) is 0 Å². The van der Waals surface area contributed by atoms with Gasteiger partial charge >= 0.3 is 5.97 Å². The summed E-state index contributed by atoms with van der Waals surface area (Å²) in [4.78, 5) is 11.1. The molecule has 0 bridgehead atoms. The summed E-state index contributed by atoms with van der Waals surface area (Å²) in [6.07, 6.45) is 6.90. The van der Waals surface area contributed by atoms with Crippen LogP contribution in [-0.4, -0.2) is 44.4 Å². The molecule has 0 unspecified atom stereocenters. The summed E-state index contributed by atoms with van der Waals surface area (Å²) in [6.45, 7) is 2.84. The summed E-state index contributed by atoms with van der Waals surface area (Å²) in [5, 5.41) is 12.2. The van der Waals surface area contributed by atoms with E-state index < -0.39 is 16.0 Å². The fraction of sp³-hybridized carbons (Fsp3) is 0.588. The van der Waals surface area contributed by atoms with Crippen LogP contribution in [0.4, 0.5) is 5.69 Å². The SMILES string of the molecule is CCCCCCCCNc1ccc(C(=O)O)cc1S(=O)(=O)N(C)C. The number of benzene rings is 1. The molecule has 0 aliphatic heterocycles. The van der Waals surface area contributed by atoms with Gasteiger partial charge in [-0.15, -0.1) is 0 Å². The molecule has 0 heterocycles. The van der Waals surface area contributed by atoms with E-state index in [-0.39, 0.29) is 10.5 Å². The van der Waals surface area contributed by atoms with Crippen LogP contribution in [0, 0.1) is 0 Å². The van der Waals surface area contributed by atoms with Crippen molar-refractivity contribution in [3.05, 3.63) is 23.8 Å². The van der Waals surface area contributed by atoms with Crippen LogP contribution in [0.3, 0.4) is 0 Å². The predicted molar refractivity (Wildman–Crippen MR) is 96.1 cm³/mol. The molecular formula is C17H28N2O4S. The number of hydrogen-bond acceptors (Lipinski definition) is 4. The van der Waals surface area contributed by atoms with Crippen LogP contribution in [0.5, 0.6) is 0 Å². The maximum absolute atomic E-state index is 12.4. The molecule has 0 atom stereocenters. The maximum atomic E-state index is 12.4. The molecule has 1 rings (SSSR count). The Morgan fingerprint density at radius 1 is 1.12 bits per heavy atom. The predicted octanol–water partition coefficient (Wildman–Crippen LogP) is 3.41. The van der Waals surface area contributed by atoms with Gasteiger partial charge in [0, 0.05) is 20.6 Å². The summed E-state index contributed by atoms with van der Waals surface area (Å²) in [5.74, 6) is -1.15. The molecule has 0 aliphatic carbocycles. The number of aromatic carboxylic acids is 1. The summed E-state index contributed by atoms with van der Waals surface area (Å²) >= 11 is 0. The molecule has 24 heavy (non-hydrogen) atoms. The minimum atomic E-state index is -3.71. The number of nitrogens with one attached hydrogen (secondary N) is 1. The van der Waals surface area contributed by atoms with Gasteiger partial charge in [-0.05, 0) is 24.6 Å². The van der Waals surface area contributed by atoms with Crippen LogP contribution in [0.15, 0.2) is 23.1 Å². The van der Waals surface area contributed by atoms with Crippen molar-refractivity contribution >= 4 is 21.7 Å². The lowest BCUT2D eigenvalue weighted by Gasteiger charge is -2.17. The van der Waals surface area contributed by atoms with E-state index in [0.717, 1.165) is 17.1 Å². The van der Waals surface area contributed by atoms with E-state index in [2.05, 4.69) is 12.2 Å². The molecule has 2 N–H and O–H groups in total. The van der Waals surface area contributed by atoms with Gasteiger partial charge in [0.05, 0.1) is 11.3 Å². The zero-order chi connectivity index (χ0) is 18.2. The van der Waals surface area contributed by atoms with Gasteiger partial charge in [0.15, 0.2) is 0 Å². The molecule has 0 aliphatic rings. The molecule has 0 radical (unpaired) electrons. The quantitative estimate of drug-likeness (QED) is 0.593. The number of unbranched alkanes of at least 4 members (excludes halogenated alkanes) is 5. The van der Waals surface area contributed by atoms with Crippen molar-refractivity contribution in [2.24, 2.45) is 0 Å². The van der Waals surface area contributed by atoms with E-state index in [1.54, 1.807) is 0 Å². The molecule has 6 nitrogen and oxygen atoms in total. The number of nitrogens with zero attached hydrogens (tertiary/aromatic N) is 1. The fourth-order valence-corrected chi connectivity index (χ4v) is 3.43. The third-order valence-electron chi connectivity index (χ3n) is 3.83. The standard InChI is InChI=1S/C17H28N2O4S/c1-4-5-6-7-8-9-12-18-15-11-10-14(17(20)21)13-16(15)24(22,23)19(2)3/h10-11,13,18H,4-9,12H2,1-3H3,(H,20,21). The normalized spacial score (nSPS) is 11.7. The van der Waals surface area contributed by atoms with E-state index >= 15 is 0 Å². The summed E-state index contributed by atoms with van der Waals surface area (Å²) < 4.78 is 25.9. The Bertz CT molecular complexity index is 642. The highest BCUT2D eigenvalue weighted by Gasteiger charge is 2.23. The molecule has 7 heteroatoms. The lowest BCUT2D eigenvalue weighted by molar-refractivity contribution is 0.0696. The molecular weight excluding hydrogens is 328 g/mol. The van der Waals surface area contributed by atoms with Gasteiger partial charge in [-0.25, -0.2) is 17.5 Å². The minimum absolute atomic E-state index is 0.00150. The van der Waals surface area contributed by atoms with Gasteiger partial charge < -0.3 is 10.4 Å². The van der Waals surface area contributed by atoms with Crippen molar-refractivity contribution in [2.45, 2.75) is 50.3 Å². The highest BCUT2D eigenvalue weighted by molar-refractivity contribution is 7.89. The minimum Gasteiger partial charge on any atom is -0.478 e. The first-order chi connectivity index (χ1) is 11.3. The maximum Gasteiger partial charge on any atom is 0.335 e. The number of rotatable bonds is 11. The third-order valence-corrected chi connectivity index (χ3v) is 5.69. The van der Waals surface area contributed by atoms with Crippen molar-refractivity contribution < 1.29 is 18.3 Å². The van der Waals surface area contributed by atoms with E-state index in [9.17, 15) is 13.2 Å². The molecule has 1 aromatic rings. The summed E-state index contributed by atoms with van der Waals surface area (Å²) in [5.41, 5.74) is 0.405. The Labute approximate surface area is 144 Å². The monoisotopic (exact) mass is 356 g/mol. The molecule has 136 valence electrons. The van der Waals surface area contributed by atoms with Gasteiger partial charge in [-0.1, -0.05) is 39.0 Å². The summed E-state index contributed by atoms with van der Waals surface area (Å²) in [7, 11) is -0.849. The van der Waals surface area contributed by atoms with Crippen LogP contribution in [0.25, 0.3) is 0 Å². The first kappa shape index (κ1) is 20.4. The number of carboxylic acids is 1. The number of hydrogen-bond donors (Lipinski definition) is 2. The van der Waals surface area contributed by atoms with E-state index in [0.29, 0.717) is 12.2 Å². The molecule has 0 spiro atoms. The lowest BCUT2D eigenvalue weighted by Crippen LogP contribution is -2.24. The number of sulfonamides is 1. The van der Waals surface area contributed by atoms with Crippen LogP contribution in [0.1, 0.15) is 55.8 Å². The van der Waals surface area contributed by atoms with Gasteiger partial charge in [-0.3, -0.25) is 0 Å². The average molecular weight is 356 g/mol. The van der Waals surface area contributed by atoms with Gasteiger partial charge in [0.25, 0.3) is 0 Å². The van der Waals surface area contributed by atoms with Crippen LogP contribution >= 0.6 is 0 Å². The second-order valence-corrected chi connectivity index (χ2v) is 8.12. The second kappa shape index (κ2) is 9.64. The Morgan fingerprint density at radius 3 is 2.33 bits per heavy atom. The van der Waals surface area contributed by atoms with Gasteiger partial charge in [-0.2, -0.15) is 0 Å². The van der Waals surface area contributed by atoms with E-state index in [1.165, 1.54) is 58.0 Å². The largest absolute Gasteiger partial charge is 0.478 e. The zero-order valence-corrected chi connectivity index (χ0v) is 15.5. The Morgan fingerprint density at radius 2 is 1.75 bits per heavy atom. The smallest absolute Gasteiger partial charge is 0.335 e. The van der Waals surface area contributed by atoms with Crippen molar-refractivity contribution in [3.8, 4) is 0 Å². The molecule has 0 amide bonds. The summed E-state index contributed by atoms with van der Waals surface area (Å²) in [6, 6.07) is 4.15. The Kier molecular flexibility index (Phi) is 8.21. The second-order valence-electron chi connectivity index (χ2n) is 6.00. The van der Waals surface area contributed by atoms with E-state index in [1.807, 2.05) is 0 Å². The molecule has 1 aromatic carbocycles. The Balaban J connectivity index is 2.81. The first-order valence-electron chi connectivity index (χ1n) is 8.34. The van der Waals surface area contributed by atoms with Crippen molar-refractivity contribution in [1.29, 1.82) is 0 Å². The van der Waals surface area contributed by atoms with Gasteiger partial charge in [0.2, 0.25) is 10.0 Å². The van der Waals surface area contributed by atoms with Crippen molar-refractivity contribution in [1.82, 2.24) is 4.31 Å². The van der Waals surface area contributed by atoms with Gasteiger partial charge in [0.1, 0.15) is 4.90 Å². The number of anilines is 1. The third kappa shape index (κ3) is 5.79. The van der Waals surface area contributed by atoms with Crippen molar-refractivity contribution in [3.63, 3.8) is 0 Å². The Hall–Kier alpha value is -1.60. The lowest BCUT2D eigenvalue weighted by atomic mass is 10.1. The van der Waals surface area contributed by atoms with Crippen molar-refractivity contribution in [2.75, 3.05) is 26.0 Å². The highest BCUT2D eigenvalue weighted by Crippen LogP contribution is 2.25. The number of carboxylic acid groups (broad SMARTS) is 1. The molecule has 0 saturated heterocycles. The number of carbonyl (C=O) groups is 1. The molecule has 0 fully saturated rings. The highest BCUT2D eigenvalue weighted by atomic mass is 32.2. The average Bonchev–Trinajstić information content (AvgIpc) is 2.53. The van der Waals surface area contributed by atoms with Crippen LogP contribution < -0.4 is 5.32 Å². The molecule has 0 aromatic heterocycles. The topological polar surface area (TPSA) is 86.7 Å².